The van der Waals surface area contributed by atoms with E-state index in [1.165, 1.54) is 10.9 Å². The summed E-state index contributed by atoms with van der Waals surface area (Å²) in [5, 5.41) is 13.2. The van der Waals surface area contributed by atoms with Crippen LogP contribution in [-0.2, 0) is 12.8 Å². The molecule has 6 heteroatoms. The first kappa shape index (κ1) is 13.2. The van der Waals surface area contributed by atoms with Gasteiger partial charge in [0.2, 0.25) is 0 Å². The third-order valence-corrected chi connectivity index (χ3v) is 2.86. The molecule has 2 aromatic heterocycles. The smallest absolute Gasteiger partial charge is 0.338 e. The predicted molar refractivity (Wildman–Crippen MR) is 67.0 cm³/mol. The Kier molecular flexibility index (Phi) is 3.59. The van der Waals surface area contributed by atoms with Gasteiger partial charge in [-0.15, -0.1) is 0 Å². The molecule has 0 bridgehead atoms. The normalized spacial score (nSPS) is 10.7. The first-order valence-electron chi connectivity index (χ1n) is 6.04. The average Bonchev–Trinajstić information content (AvgIpc) is 2.81. The molecule has 0 aliphatic carbocycles. The molecule has 0 aliphatic rings. The third kappa shape index (κ3) is 2.33. The summed E-state index contributed by atoms with van der Waals surface area (Å²) in [6.07, 6.45) is 2.65. The summed E-state index contributed by atoms with van der Waals surface area (Å²) in [6.45, 7) is 3.87. The van der Waals surface area contributed by atoms with Gasteiger partial charge < -0.3 is 5.11 Å². The Hall–Kier alpha value is -2.24. The molecule has 19 heavy (non-hydrogen) atoms. The summed E-state index contributed by atoms with van der Waals surface area (Å²) in [7, 11) is 0. The highest BCUT2D eigenvalue weighted by molar-refractivity contribution is 5.88. The molecule has 0 aliphatic heterocycles. The average molecular weight is 263 g/mol. The summed E-state index contributed by atoms with van der Waals surface area (Å²) in [5.74, 6) is -2.26. The number of rotatable bonds is 4. The second-order valence-corrected chi connectivity index (χ2v) is 4.05. The predicted octanol–water partition coefficient (Wildman–Crippen LogP) is 2.23. The zero-order valence-corrected chi connectivity index (χ0v) is 10.7. The number of hydrogen-bond acceptors (Lipinski definition) is 3. The van der Waals surface area contributed by atoms with E-state index in [9.17, 15) is 9.18 Å². The van der Waals surface area contributed by atoms with Crippen molar-refractivity contribution in [3.05, 3.63) is 41.1 Å². The summed E-state index contributed by atoms with van der Waals surface area (Å²) >= 11 is 0. The van der Waals surface area contributed by atoms with E-state index in [1.54, 1.807) is 0 Å². The molecule has 0 spiro atoms. The lowest BCUT2D eigenvalue weighted by Gasteiger charge is -2.07. The molecule has 0 radical (unpaired) electrons. The fraction of sp³-hybridized carbons (Fsp3) is 0.308. The van der Waals surface area contributed by atoms with Gasteiger partial charge in [-0.1, -0.05) is 13.8 Å². The van der Waals surface area contributed by atoms with Crippen molar-refractivity contribution >= 4 is 5.97 Å². The number of aromatic carboxylic acids is 1. The molecule has 2 heterocycles. The van der Waals surface area contributed by atoms with E-state index in [2.05, 4.69) is 10.1 Å². The van der Waals surface area contributed by atoms with Crippen LogP contribution in [0.5, 0.6) is 0 Å². The number of hydrogen-bond donors (Lipinski definition) is 1. The van der Waals surface area contributed by atoms with Gasteiger partial charge in [0.25, 0.3) is 0 Å². The summed E-state index contributed by atoms with van der Waals surface area (Å²) in [4.78, 5) is 14.8. The van der Waals surface area contributed by atoms with Crippen molar-refractivity contribution in [1.29, 1.82) is 0 Å². The number of halogens is 1. The highest BCUT2D eigenvalue weighted by atomic mass is 19.1. The Labute approximate surface area is 109 Å². The summed E-state index contributed by atoms with van der Waals surface area (Å²) in [5.41, 5.74) is 1.21. The van der Waals surface area contributed by atoms with Gasteiger partial charge in [-0.25, -0.2) is 18.9 Å². The van der Waals surface area contributed by atoms with Crippen LogP contribution in [0.2, 0.25) is 0 Å². The van der Waals surface area contributed by atoms with Gasteiger partial charge in [-0.05, 0) is 25.0 Å². The van der Waals surface area contributed by atoms with Crippen molar-refractivity contribution < 1.29 is 14.3 Å². The van der Waals surface area contributed by atoms with Gasteiger partial charge in [-0.2, -0.15) is 5.10 Å². The summed E-state index contributed by atoms with van der Waals surface area (Å²) in [6, 6.07) is 3.01. The van der Waals surface area contributed by atoms with Crippen LogP contribution in [0.15, 0.2) is 18.3 Å². The molecule has 2 rings (SSSR count). The van der Waals surface area contributed by atoms with E-state index in [1.807, 2.05) is 19.9 Å². The maximum atomic E-state index is 14.1. The van der Waals surface area contributed by atoms with Crippen LogP contribution >= 0.6 is 0 Å². The fourth-order valence-corrected chi connectivity index (χ4v) is 1.83. The van der Waals surface area contributed by atoms with Gasteiger partial charge in [0.15, 0.2) is 11.6 Å². The van der Waals surface area contributed by atoms with E-state index in [-0.39, 0.29) is 5.82 Å². The minimum absolute atomic E-state index is 0.0727. The maximum Gasteiger partial charge on any atom is 0.338 e. The van der Waals surface area contributed by atoms with Crippen LogP contribution in [0.25, 0.3) is 5.82 Å². The first-order valence-corrected chi connectivity index (χ1v) is 6.04. The second kappa shape index (κ2) is 5.17. The number of aryl methyl sites for hydroxylation is 2. The van der Waals surface area contributed by atoms with Gasteiger partial charge >= 0.3 is 5.97 Å². The molecule has 0 fully saturated rings. The maximum absolute atomic E-state index is 14.1. The SMILES string of the molecule is CCc1cc(CC)n(-c2nccc(C(=O)O)c2F)n1. The minimum Gasteiger partial charge on any atom is -0.478 e. The molecule has 2 aromatic rings. The molecule has 0 saturated carbocycles. The Balaban J connectivity index is 2.61. The molecule has 5 nitrogen and oxygen atoms in total. The number of aromatic nitrogens is 3. The third-order valence-electron chi connectivity index (χ3n) is 2.86. The van der Waals surface area contributed by atoms with Crippen molar-refractivity contribution in [1.82, 2.24) is 14.8 Å². The lowest BCUT2D eigenvalue weighted by Crippen LogP contribution is -2.11. The van der Waals surface area contributed by atoms with E-state index >= 15 is 0 Å². The van der Waals surface area contributed by atoms with Gasteiger partial charge in [0.05, 0.1) is 5.69 Å². The van der Waals surface area contributed by atoms with Gasteiger partial charge in [0.1, 0.15) is 5.56 Å². The van der Waals surface area contributed by atoms with Crippen LogP contribution in [0.4, 0.5) is 4.39 Å². The number of carboxylic acids is 1. The number of nitrogens with zero attached hydrogens (tertiary/aromatic N) is 3. The van der Waals surface area contributed by atoms with Crippen molar-refractivity contribution in [2.75, 3.05) is 0 Å². The number of pyridine rings is 1. The highest BCUT2D eigenvalue weighted by Crippen LogP contribution is 2.18. The zero-order valence-electron chi connectivity index (χ0n) is 10.7. The van der Waals surface area contributed by atoms with E-state index in [0.717, 1.165) is 23.9 Å². The topological polar surface area (TPSA) is 68.0 Å². The van der Waals surface area contributed by atoms with E-state index in [0.29, 0.717) is 6.42 Å². The van der Waals surface area contributed by atoms with Crippen LogP contribution in [0.1, 0.15) is 35.6 Å². The molecular weight excluding hydrogens is 249 g/mol. The minimum atomic E-state index is -1.32. The molecular formula is C13H14FN3O2. The Morgan fingerprint density at radius 3 is 2.74 bits per heavy atom. The van der Waals surface area contributed by atoms with Gasteiger partial charge in [-0.3, -0.25) is 0 Å². The molecule has 0 aromatic carbocycles. The van der Waals surface area contributed by atoms with Crippen LogP contribution in [-0.4, -0.2) is 25.8 Å². The van der Waals surface area contributed by atoms with Crippen LogP contribution in [0.3, 0.4) is 0 Å². The van der Waals surface area contributed by atoms with Crippen LogP contribution in [0, 0.1) is 5.82 Å². The van der Waals surface area contributed by atoms with Crippen molar-refractivity contribution in [3.8, 4) is 5.82 Å². The Morgan fingerprint density at radius 2 is 2.16 bits per heavy atom. The van der Waals surface area contributed by atoms with Crippen molar-refractivity contribution in [2.45, 2.75) is 26.7 Å². The Morgan fingerprint density at radius 1 is 1.42 bits per heavy atom. The largest absolute Gasteiger partial charge is 0.478 e. The highest BCUT2D eigenvalue weighted by Gasteiger charge is 2.19. The van der Waals surface area contributed by atoms with E-state index < -0.39 is 17.3 Å². The standard InChI is InChI=1S/C13H14FN3O2/c1-3-8-7-9(4-2)17(16-8)12-11(14)10(13(18)19)5-6-15-12/h5-7H,3-4H2,1-2H3,(H,18,19). The van der Waals surface area contributed by atoms with Crippen LogP contribution < -0.4 is 0 Å². The van der Waals surface area contributed by atoms with Gasteiger partial charge in [0, 0.05) is 11.9 Å². The number of carbonyl (C=O) groups is 1. The van der Waals surface area contributed by atoms with Crippen molar-refractivity contribution in [2.24, 2.45) is 0 Å². The van der Waals surface area contributed by atoms with Crippen molar-refractivity contribution in [3.63, 3.8) is 0 Å². The second-order valence-electron chi connectivity index (χ2n) is 4.05. The molecule has 0 saturated heterocycles. The Bertz CT molecular complexity index is 622. The van der Waals surface area contributed by atoms with E-state index in [4.69, 9.17) is 5.11 Å². The molecule has 0 amide bonds. The molecule has 0 unspecified atom stereocenters. The fourth-order valence-electron chi connectivity index (χ4n) is 1.83. The quantitative estimate of drug-likeness (QED) is 0.918. The molecule has 1 N–H and O–H groups in total. The monoisotopic (exact) mass is 263 g/mol. The molecule has 100 valence electrons. The lowest BCUT2D eigenvalue weighted by atomic mass is 10.2. The lowest BCUT2D eigenvalue weighted by molar-refractivity contribution is 0.0691. The first-order chi connectivity index (χ1) is 9.08. The molecule has 0 atom stereocenters. The summed E-state index contributed by atoms with van der Waals surface area (Å²) < 4.78 is 15.5. The number of carboxylic acid groups (broad SMARTS) is 1. The zero-order chi connectivity index (χ0) is 14.0.